The molecule has 0 spiro atoms. The summed E-state index contributed by atoms with van der Waals surface area (Å²) in [5.74, 6) is 0.526. The molecule has 0 bridgehead atoms. The zero-order chi connectivity index (χ0) is 13.8. The van der Waals surface area contributed by atoms with Gasteiger partial charge >= 0.3 is 0 Å². The van der Waals surface area contributed by atoms with Crippen LogP contribution in [0.5, 0.6) is 0 Å². The molecule has 0 atom stereocenters. The van der Waals surface area contributed by atoms with E-state index in [2.05, 4.69) is 22.4 Å². The number of carbonyl (C=O) groups excluding carboxylic acids is 1. The number of carbonyl (C=O) groups is 1. The first-order valence-electron chi connectivity index (χ1n) is 6.50. The number of nitrogens with one attached hydrogen (secondary N) is 1. The second-order valence-electron chi connectivity index (χ2n) is 4.58. The van der Waals surface area contributed by atoms with E-state index in [0.29, 0.717) is 12.2 Å². The summed E-state index contributed by atoms with van der Waals surface area (Å²) < 4.78 is 0. The van der Waals surface area contributed by atoms with Gasteiger partial charge in [0.05, 0.1) is 6.42 Å². The van der Waals surface area contributed by atoms with E-state index in [1.807, 2.05) is 42.5 Å². The van der Waals surface area contributed by atoms with Gasteiger partial charge in [-0.1, -0.05) is 48.5 Å². The summed E-state index contributed by atoms with van der Waals surface area (Å²) in [4.78, 5) is 16.2. The summed E-state index contributed by atoms with van der Waals surface area (Å²) in [6, 6.07) is 19.5. The van der Waals surface area contributed by atoms with E-state index >= 15 is 0 Å². The molecule has 0 aliphatic heterocycles. The van der Waals surface area contributed by atoms with E-state index in [1.165, 1.54) is 0 Å². The van der Waals surface area contributed by atoms with Crippen molar-refractivity contribution in [2.75, 3.05) is 5.32 Å². The summed E-state index contributed by atoms with van der Waals surface area (Å²) in [6.07, 6.45) is 2.01. The lowest BCUT2D eigenvalue weighted by atomic mass is 10.0. The Morgan fingerprint density at radius 3 is 2.60 bits per heavy atom. The minimum absolute atomic E-state index is 0.0555. The van der Waals surface area contributed by atoms with Gasteiger partial charge in [0.1, 0.15) is 5.82 Å². The normalized spacial score (nSPS) is 10.4. The van der Waals surface area contributed by atoms with Crippen molar-refractivity contribution in [2.45, 2.75) is 6.42 Å². The van der Waals surface area contributed by atoms with Crippen LogP contribution in [0.25, 0.3) is 10.8 Å². The SMILES string of the molecule is O=C(Cc1cccc2ccccc12)Nc1ccccn1. The van der Waals surface area contributed by atoms with E-state index < -0.39 is 0 Å². The van der Waals surface area contributed by atoms with Gasteiger partial charge in [0.2, 0.25) is 5.91 Å². The second-order valence-corrected chi connectivity index (χ2v) is 4.58. The molecule has 0 aliphatic carbocycles. The molecule has 1 N–H and O–H groups in total. The van der Waals surface area contributed by atoms with E-state index in [1.54, 1.807) is 12.3 Å². The molecule has 0 fully saturated rings. The van der Waals surface area contributed by atoms with Crippen LogP contribution in [0.3, 0.4) is 0 Å². The number of amides is 1. The Labute approximate surface area is 117 Å². The molecular weight excluding hydrogens is 248 g/mol. The highest BCUT2D eigenvalue weighted by Gasteiger charge is 2.07. The number of pyridine rings is 1. The third kappa shape index (κ3) is 2.67. The Morgan fingerprint density at radius 1 is 0.950 bits per heavy atom. The zero-order valence-corrected chi connectivity index (χ0v) is 10.9. The monoisotopic (exact) mass is 262 g/mol. The lowest BCUT2D eigenvalue weighted by Crippen LogP contribution is -2.15. The van der Waals surface area contributed by atoms with Crippen LogP contribution in [-0.4, -0.2) is 10.9 Å². The first kappa shape index (κ1) is 12.4. The van der Waals surface area contributed by atoms with E-state index in [-0.39, 0.29) is 5.91 Å². The second kappa shape index (κ2) is 5.53. The van der Waals surface area contributed by atoms with Gasteiger partial charge in [-0.05, 0) is 28.5 Å². The molecule has 98 valence electrons. The lowest BCUT2D eigenvalue weighted by Gasteiger charge is -2.07. The van der Waals surface area contributed by atoms with Crippen LogP contribution in [0.4, 0.5) is 5.82 Å². The summed E-state index contributed by atoms with van der Waals surface area (Å²) >= 11 is 0. The largest absolute Gasteiger partial charge is 0.310 e. The number of hydrogen-bond donors (Lipinski definition) is 1. The number of hydrogen-bond acceptors (Lipinski definition) is 2. The molecule has 0 saturated carbocycles. The molecule has 1 amide bonds. The average molecular weight is 262 g/mol. The average Bonchev–Trinajstić information content (AvgIpc) is 2.48. The molecule has 0 radical (unpaired) electrons. The quantitative estimate of drug-likeness (QED) is 0.786. The predicted molar refractivity (Wildman–Crippen MR) is 80.5 cm³/mol. The number of anilines is 1. The van der Waals surface area contributed by atoms with Gasteiger partial charge in [0.25, 0.3) is 0 Å². The van der Waals surface area contributed by atoms with Crippen molar-refractivity contribution in [3.63, 3.8) is 0 Å². The lowest BCUT2D eigenvalue weighted by molar-refractivity contribution is -0.115. The highest BCUT2D eigenvalue weighted by molar-refractivity contribution is 5.95. The Morgan fingerprint density at radius 2 is 1.75 bits per heavy atom. The maximum Gasteiger partial charge on any atom is 0.229 e. The number of rotatable bonds is 3. The maximum absolute atomic E-state index is 12.1. The van der Waals surface area contributed by atoms with Crippen LogP contribution in [0.2, 0.25) is 0 Å². The predicted octanol–water partition coefficient (Wildman–Crippen LogP) is 3.42. The molecule has 3 nitrogen and oxygen atoms in total. The highest BCUT2D eigenvalue weighted by atomic mass is 16.1. The molecule has 0 unspecified atom stereocenters. The van der Waals surface area contributed by atoms with Crippen molar-refractivity contribution in [3.8, 4) is 0 Å². The number of benzene rings is 2. The maximum atomic E-state index is 12.1. The van der Waals surface area contributed by atoms with Gasteiger partial charge in [0, 0.05) is 6.20 Å². The Bertz CT molecular complexity index is 733. The van der Waals surface area contributed by atoms with Gasteiger partial charge in [-0.15, -0.1) is 0 Å². The molecule has 2 aromatic carbocycles. The van der Waals surface area contributed by atoms with Crippen LogP contribution >= 0.6 is 0 Å². The Hall–Kier alpha value is -2.68. The van der Waals surface area contributed by atoms with Crippen LogP contribution < -0.4 is 5.32 Å². The van der Waals surface area contributed by atoms with Gasteiger partial charge in [-0.2, -0.15) is 0 Å². The molecule has 20 heavy (non-hydrogen) atoms. The number of fused-ring (bicyclic) bond motifs is 1. The van der Waals surface area contributed by atoms with Crippen LogP contribution in [0.15, 0.2) is 66.9 Å². The van der Waals surface area contributed by atoms with Crippen LogP contribution in [-0.2, 0) is 11.2 Å². The molecule has 3 rings (SSSR count). The molecule has 3 heteroatoms. The molecule has 3 aromatic rings. The Balaban J connectivity index is 1.81. The fourth-order valence-electron chi connectivity index (χ4n) is 2.24. The number of aromatic nitrogens is 1. The Kier molecular flexibility index (Phi) is 3.42. The van der Waals surface area contributed by atoms with Gasteiger partial charge in [-0.3, -0.25) is 4.79 Å². The van der Waals surface area contributed by atoms with Crippen LogP contribution in [0.1, 0.15) is 5.56 Å². The fourth-order valence-corrected chi connectivity index (χ4v) is 2.24. The molecular formula is C17H14N2O. The van der Waals surface area contributed by atoms with Crippen molar-refractivity contribution in [2.24, 2.45) is 0 Å². The van der Waals surface area contributed by atoms with E-state index in [4.69, 9.17) is 0 Å². The van der Waals surface area contributed by atoms with Crippen molar-refractivity contribution < 1.29 is 4.79 Å². The van der Waals surface area contributed by atoms with Crippen molar-refractivity contribution >= 4 is 22.5 Å². The smallest absolute Gasteiger partial charge is 0.229 e. The fraction of sp³-hybridized carbons (Fsp3) is 0.0588. The summed E-state index contributed by atoms with van der Waals surface area (Å²) in [5, 5.41) is 5.07. The third-order valence-electron chi connectivity index (χ3n) is 3.16. The summed E-state index contributed by atoms with van der Waals surface area (Å²) in [6.45, 7) is 0. The minimum Gasteiger partial charge on any atom is -0.310 e. The van der Waals surface area contributed by atoms with Crippen LogP contribution in [0, 0.1) is 0 Å². The third-order valence-corrected chi connectivity index (χ3v) is 3.16. The molecule has 0 aliphatic rings. The minimum atomic E-state index is -0.0555. The standard InChI is InChI=1S/C17H14N2O/c20-17(19-16-10-3-4-11-18-16)12-14-8-5-7-13-6-1-2-9-15(13)14/h1-11H,12H2,(H,18,19,20). The first-order valence-corrected chi connectivity index (χ1v) is 6.50. The molecule has 0 saturated heterocycles. The summed E-state index contributed by atoms with van der Waals surface area (Å²) in [5.41, 5.74) is 1.02. The van der Waals surface area contributed by atoms with Gasteiger partial charge in [-0.25, -0.2) is 4.98 Å². The van der Waals surface area contributed by atoms with Crippen molar-refractivity contribution in [1.29, 1.82) is 0 Å². The van der Waals surface area contributed by atoms with Gasteiger partial charge in [0.15, 0.2) is 0 Å². The zero-order valence-electron chi connectivity index (χ0n) is 10.9. The summed E-state index contributed by atoms with van der Waals surface area (Å²) in [7, 11) is 0. The van der Waals surface area contributed by atoms with Crippen molar-refractivity contribution in [1.82, 2.24) is 4.98 Å². The highest BCUT2D eigenvalue weighted by Crippen LogP contribution is 2.19. The molecule has 1 aromatic heterocycles. The van der Waals surface area contributed by atoms with Gasteiger partial charge < -0.3 is 5.32 Å². The number of nitrogens with zero attached hydrogens (tertiary/aromatic N) is 1. The van der Waals surface area contributed by atoms with Crippen molar-refractivity contribution in [3.05, 3.63) is 72.4 Å². The van der Waals surface area contributed by atoms with E-state index in [9.17, 15) is 4.79 Å². The molecule has 1 heterocycles. The van der Waals surface area contributed by atoms with E-state index in [0.717, 1.165) is 16.3 Å². The first-order chi connectivity index (χ1) is 9.83. The topological polar surface area (TPSA) is 42.0 Å².